The van der Waals surface area contributed by atoms with Crippen molar-refractivity contribution in [2.75, 3.05) is 6.61 Å². The van der Waals surface area contributed by atoms with Crippen molar-refractivity contribution >= 4 is 5.91 Å². The van der Waals surface area contributed by atoms with E-state index in [0.717, 1.165) is 6.20 Å². The molecule has 0 aliphatic carbocycles. The number of H-pyrrole nitrogens is 1. The third-order valence-electron chi connectivity index (χ3n) is 1.05. The number of aromatic nitrogens is 3. The summed E-state index contributed by atoms with van der Waals surface area (Å²) in [5, 5.41) is 8.73. The van der Waals surface area contributed by atoms with Gasteiger partial charge < -0.3 is 0 Å². The van der Waals surface area contributed by atoms with Gasteiger partial charge in [0.25, 0.3) is 5.91 Å². The van der Waals surface area contributed by atoms with Crippen LogP contribution in [-0.2, 0) is 4.84 Å². The van der Waals surface area contributed by atoms with Crippen LogP contribution in [0.4, 0.5) is 13.2 Å². The molecule has 0 aromatic carbocycles. The van der Waals surface area contributed by atoms with Gasteiger partial charge in [0.15, 0.2) is 12.3 Å². The van der Waals surface area contributed by atoms with Crippen LogP contribution in [0.1, 0.15) is 10.5 Å². The van der Waals surface area contributed by atoms with E-state index in [0.29, 0.717) is 0 Å². The van der Waals surface area contributed by atoms with Crippen molar-refractivity contribution in [2.45, 2.75) is 6.18 Å². The molecule has 1 amide bonds. The van der Waals surface area contributed by atoms with Crippen LogP contribution in [-0.4, -0.2) is 34.1 Å². The Balaban J connectivity index is 2.30. The predicted octanol–water partition coefficient (Wildman–Crippen LogP) is 0.0284. The molecule has 1 aromatic rings. The Kier molecular flexibility index (Phi) is 3.02. The maximum Gasteiger partial charge on any atom is 0.414 e. The lowest BCUT2D eigenvalue weighted by Gasteiger charge is -2.06. The van der Waals surface area contributed by atoms with Gasteiger partial charge in [0, 0.05) is 0 Å². The number of aromatic amines is 1. The van der Waals surface area contributed by atoms with Crippen molar-refractivity contribution in [3.8, 4) is 0 Å². The van der Waals surface area contributed by atoms with Gasteiger partial charge in [0.2, 0.25) is 0 Å². The van der Waals surface area contributed by atoms with Gasteiger partial charge in [-0.15, -0.1) is 0 Å². The van der Waals surface area contributed by atoms with E-state index in [2.05, 4.69) is 20.2 Å². The topological polar surface area (TPSA) is 79.9 Å². The predicted molar refractivity (Wildman–Crippen MR) is 35.9 cm³/mol. The molecule has 14 heavy (non-hydrogen) atoms. The lowest BCUT2D eigenvalue weighted by atomic mass is 10.5. The van der Waals surface area contributed by atoms with E-state index < -0.39 is 18.7 Å². The Morgan fingerprint density at radius 1 is 1.64 bits per heavy atom. The van der Waals surface area contributed by atoms with E-state index in [9.17, 15) is 18.0 Å². The lowest BCUT2D eigenvalue weighted by Crippen LogP contribution is -2.29. The van der Waals surface area contributed by atoms with Crippen molar-refractivity contribution in [3.63, 3.8) is 0 Å². The molecule has 0 aliphatic heterocycles. The number of nitrogens with one attached hydrogen (secondary N) is 2. The second kappa shape index (κ2) is 4.05. The Morgan fingerprint density at radius 2 is 2.36 bits per heavy atom. The summed E-state index contributed by atoms with van der Waals surface area (Å²) in [7, 11) is 0. The zero-order valence-corrected chi connectivity index (χ0v) is 6.63. The molecule has 0 aliphatic rings. The maximum absolute atomic E-state index is 11.5. The van der Waals surface area contributed by atoms with Gasteiger partial charge in [-0.05, 0) is 0 Å². The summed E-state index contributed by atoms with van der Waals surface area (Å²) < 4.78 is 34.6. The van der Waals surface area contributed by atoms with E-state index in [1.54, 1.807) is 5.48 Å². The SMILES string of the molecule is O=C(NOCC(F)(F)F)c1cn[nH]n1. The fourth-order valence-electron chi connectivity index (χ4n) is 0.547. The van der Waals surface area contributed by atoms with Crippen molar-refractivity contribution < 1.29 is 22.8 Å². The second-order valence-electron chi connectivity index (χ2n) is 2.19. The Bertz CT molecular complexity index is 296. The molecule has 0 saturated heterocycles. The number of hydrogen-bond acceptors (Lipinski definition) is 4. The highest BCUT2D eigenvalue weighted by Gasteiger charge is 2.28. The number of alkyl halides is 3. The van der Waals surface area contributed by atoms with Crippen LogP contribution in [0.5, 0.6) is 0 Å². The summed E-state index contributed by atoms with van der Waals surface area (Å²) in [4.78, 5) is 14.7. The van der Waals surface area contributed by atoms with Gasteiger partial charge >= 0.3 is 6.18 Å². The standard InChI is InChI=1S/C5H5F3N4O2/c6-5(7,8)2-14-11-4(13)3-1-9-12-10-3/h1H,2H2,(H,11,13)(H,9,10,12). The van der Waals surface area contributed by atoms with Crippen molar-refractivity contribution in [1.82, 2.24) is 20.9 Å². The molecule has 0 saturated carbocycles. The quantitative estimate of drug-likeness (QED) is 0.689. The minimum atomic E-state index is -4.49. The van der Waals surface area contributed by atoms with Crippen molar-refractivity contribution in [2.24, 2.45) is 0 Å². The first kappa shape index (κ1) is 10.4. The summed E-state index contributed by atoms with van der Waals surface area (Å²) in [6.45, 7) is -1.56. The molecule has 78 valence electrons. The molecular weight excluding hydrogens is 205 g/mol. The monoisotopic (exact) mass is 210 g/mol. The first-order valence-electron chi connectivity index (χ1n) is 3.34. The summed E-state index contributed by atoms with van der Waals surface area (Å²) in [5.41, 5.74) is 1.40. The minimum Gasteiger partial charge on any atom is -0.265 e. The number of carbonyl (C=O) groups is 1. The van der Waals surface area contributed by atoms with Gasteiger partial charge in [0.05, 0.1) is 6.20 Å². The van der Waals surface area contributed by atoms with Crippen LogP contribution in [0.15, 0.2) is 6.20 Å². The first-order chi connectivity index (χ1) is 6.49. The molecule has 6 nitrogen and oxygen atoms in total. The summed E-state index contributed by atoms with van der Waals surface area (Å²) >= 11 is 0. The van der Waals surface area contributed by atoms with Crippen LogP contribution < -0.4 is 5.48 Å². The number of amides is 1. The number of hydroxylamine groups is 1. The molecule has 9 heteroatoms. The van der Waals surface area contributed by atoms with Crippen LogP contribution >= 0.6 is 0 Å². The number of carbonyl (C=O) groups excluding carboxylic acids is 1. The van der Waals surface area contributed by atoms with E-state index in [-0.39, 0.29) is 5.69 Å². The zero-order chi connectivity index (χ0) is 10.6. The molecule has 1 heterocycles. The Hall–Kier alpha value is -1.64. The molecule has 1 rings (SSSR count). The average molecular weight is 210 g/mol. The Labute approximate surface area is 75.4 Å². The van der Waals surface area contributed by atoms with E-state index in [1.165, 1.54) is 0 Å². The molecule has 1 aromatic heterocycles. The van der Waals surface area contributed by atoms with Crippen LogP contribution in [0, 0.1) is 0 Å². The fraction of sp³-hybridized carbons (Fsp3) is 0.400. The maximum atomic E-state index is 11.5. The van der Waals surface area contributed by atoms with Gasteiger partial charge in [0.1, 0.15) is 0 Å². The third-order valence-corrected chi connectivity index (χ3v) is 1.05. The van der Waals surface area contributed by atoms with Crippen molar-refractivity contribution in [1.29, 1.82) is 0 Å². The number of halogens is 3. The van der Waals surface area contributed by atoms with Crippen LogP contribution in [0.25, 0.3) is 0 Å². The highest BCUT2D eigenvalue weighted by molar-refractivity contribution is 5.90. The second-order valence-corrected chi connectivity index (χ2v) is 2.19. The van der Waals surface area contributed by atoms with E-state index in [1.807, 2.05) is 0 Å². The smallest absolute Gasteiger partial charge is 0.265 e. The zero-order valence-electron chi connectivity index (χ0n) is 6.63. The molecule has 0 unspecified atom stereocenters. The van der Waals surface area contributed by atoms with Gasteiger partial charge in [-0.3, -0.25) is 9.63 Å². The largest absolute Gasteiger partial charge is 0.414 e. The molecule has 0 spiro atoms. The molecule has 0 radical (unpaired) electrons. The lowest BCUT2D eigenvalue weighted by molar-refractivity contribution is -0.184. The molecular formula is C5H5F3N4O2. The molecule has 2 N–H and O–H groups in total. The third kappa shape index (κ3) is 3.39. The van der Waals surface area contributed by atoms with Crippen molar-refractivity contribution in [3.05, 3.63) is 11.9 Å². The molecule has 0 bridgehead atoms. The Morgan fingerprint density at radius 3 is 2.86 bits per heavy atom. The molecule has 0 fully saturated rings. The summed E-state index contributed by atoms with van der Waals surface area (Å²) in [6, 6.07) is 0. The normalized spacial score (nSPS) is 11.4. The average Bonchev–Trinajstić information content (AvgIpc) is 2.53. The van der Waals surface area contributed by atoms with Gasteiger partial charge in [-0.25, -0.2) is 5.48 Å². The van der Waals surface area contributed by atoms with E-state index >= 15 is 0 Å². The highest BCUT2D eigenvalue weighted by Crippen LogP contribution is 2.13. The highest BCUT2D eigenvalue weighted by atomic mass is 19.4. The first-order valence-corrected chi connectivity index (χ1v) is 3.34. The van der Waals surface area contributed by atoms with Crippen LogP contribution in [0.2, 0.25) is 0 Å². The molecule has 0 atom stereocenters. The summed E-state index contributed by atoms with van der Waals surface area (Å²) in [5.74, 6) is -0.900. The van der Waals surface area contributed by atoms with E-state index in [4.69, 9.17) is 0 Å². The van der Waals surface area contributed by atoms with Gasteiger partial charge in [-0.2, -0.15) is 28.6 Å². The minimum absolute atomic E-state index is 0.160. The summed E-state index contributed by atoms with van der Waals surface area (Å²) in [6.07, 6.45) is -3.44. The fourth-order valence-corrected chi connectivity index (χ4v) is 0.547. The van der Waals surface area contributed by atoms with Gasteiger partial charge in [-0.1, -0.05) is 0 Å². The number of rotatable bonds is 3. The number of nitrogens with zero attached hydrogens (tertiary/aromatic N) is 2. The number of hydrogen-bond donors (Lipinski definition) is 2. The van der Waals surface area contributed by atoms with Crippen LogP contribution in [0.3, 0.4) is 0 Å².